The number of hydrogen-bond acceptors (Lipinski definition) is 5. The minimum Gasteiger partial charge on any atom is -0.378 e. The number of aromatic nitrogens is 2. The number of thiophene rings is 1. The highest BCUT2D eigenvalue weighted by Gasteiger charge is 2.14. The summed E-state index contributed by atoms with van der Waals surface area (Å²) in [5, 5.41) is 4.67. The number of rotatable bonds is 3. The predicted molar refractivity (Wildman–Crippen MR) is 96.0 cm³/mol. The van der Waals surface area contributed by atoms with Crippen LogP contribution in [0.1, 0.15) is 10.4 Å². The smallest absolute Gasteiger partial charge is 0.225 e. The van der Waals surface area contributed by atoms with Crippen LogP contribution in [0.4, 0.5) is 17.2 Å². The van der Waals surface area contributed by atoms with Gasteiger partial charge >= 0.3 is 0 Å². The van der Waals surface area contributed by atoms with Crippen molar-refractivity contribution in [2.75, 3.05) is 24.3 Å². The molecule has 0 aliphatic rings. The first-order chi connectivity index (χ1) is 10.5. The maximum absolute atomic E-state index is 6.06. The summed E-state index contributed by atoms with van der Waals surface area (Å²) in [7, 11) is 4.04. The number of aryl methyl sites for hydroxylation is 2. The van der Waals surface area contributed by atoms with Gasteiger partial charge in [-0.05, 0) is 55.3 Å². The van der Waals surface area contributed by atoms with Gasteiger partial charge in [-0.15, -0.1) is 11.3 Å². The van der Waals surface area contributed by atoms with Gasteiger partial charge in [0.15, 0.2) is 0 Å². The summed E-state index contributed by atoms with van der Waals surface area (Å²) in [6, 6.07) is 8.19. The lowest BCUT2D eigenvalue weighted by molar-refractivity contribution is 1.13. The summed E-state index contributed by atoms with van der Waals surface area (Å²) in [4.78, 5) is 12.9. The Morgan fingerprint density at radius 2 is 1.77 bits per heavy atom. The van der Waals surface area contributed by atoms with E-state index in [0.717, 1.165) is 27.4 Å². The van der Waals surface area contributed by atoms with Crippen molar-refractivity contribution in [2.24, 2.45) is 0 Å². The molecule has 114 valence electrons. The first kappa shape index (κ1) is 15.1. The summed E-state index contributed by atoms with van der Waals surface area (Å²) in [5.41, 5.74) is 3.33. The Morgan fingerprint density at radius 1 is 1.09 bits per heavy atom. The van der Waals surface area contributed by atoms with Crippen LogP contribution in [0.25, 0.3) is 10.2 Å². The highest BCUT2D eigenvalue weighted by atomic mass is 35.5. The molecular weight excluding hydrogens is 316 g/mol. The maximum Gasteiger partial charge on any atom is 0.225 e. The lowest BCUT2D eigenvalue weighted by Crippen LogP contribution is -2.08. The summed E-state index contributed by atoms with van der Waals surface area (Å²) in [5.74, 6) is 0.759. The van der Waals surface area contributed by atoms with Crippen molar-refractivity contribution in [1.82, 2.24) is 9.97 Å². The molecule has 0 aliphatic heterocycles. The third-order valence-corrected chi connectivity index (χ3v) is 4.92. The van der Waals surface area contributed by atoms with E-state index in [-0.39, 0.29) is 5.28 Å². The first-order valence-corrected chi connectivity index (χ1v) is 8.13. The molecule has 0 spiro atoms. The molecule has 3 aromatic rings. The van der Waals surface area contributed by atoms with Crippen LogP contribution in [0.2, 0.25) is 5.28 Å². The lowest BCUT2D eigenvalue weighted by Gasteiger charge is -2.13. The second kappa shape index (κ2) is 5.74. The van der Waals surface area contributed by atoms with Crippen LogP contribution in [0.15, 0.2) is 24.3 Å². The van der Waals surface area contributed by atoms with Gasteiger partial charge in [0.2, 0.25) is 5.28 Å². The van der Waals surface area contributed by atoms with Crippen LogP contribution in [0.5, 0.6) is 0 Å². The average Bonchev–Trinajstić information content (AvgIpc) is 2.74. The lowest BCUT2D eigenvalue weighted by atomic mass is 10.2. The number of nitrogens with one attached hydrogen (secondary N) is 1. The standard InChI is InChI=1S/C16H17ClN4S/c1-9-10(2)22-15-13(9)14(19-16(17)20-15)18-11-5-7-12(8-6-11)21(3)4/h5-8H,1-4H3,(H,18,19,20). The summed E-state index contributed by atoms with van der Waals surface area (Å²) in [6.07, 6.45) is 0. The van der Waals surface area contributed by atoms with Gasteiger partial charge in [0.25, 0.3) is 0 Å². The molecule has 22 heavy (non-hydrogen) atoms. The number of fused-ring (bicyclic) bond motifs is 1. The van der Waals surface area contributed by atoms with E-state index in [9.17, 15) is 0 Å². The fourth-order valence-corrected chi connectivity index (χ4v) is 3.54. The summed E-state index contributed by atoms with van der Waals surface area (Å²) in [6.45, 7) is 4.18. The van der Waals surface area contributed by atoms with Gasteiger partial charge in [-0.2, -0.15) is 4.98 Å². The second-order valence-corrected chi connectivity index (χ2v) is 6.91. The van der Waals surface area contributed by atoms with Crippen LogP contribution in [-0.2, 0) is 0 Å². The van der Waals surface area contributed by atoms with Gasteiger partial charge in [0, 0.05) is 30.3 Å². The van der Waals surface area contributed by atoms with Crippen molar-refractivity contribution in [3.8, 4) is 0 Å². The molecule has 2 heterocycles. The highest BCUT2D eigenvalue weighted by molar-refractivity contribution is 7.18. The average molecular weight is 333 g/mol. The molecule has 0 atom stereocenters. The van der Waals surface area contributed by atoms with Crippen molar-refractivity contribution in [1.29, 1.82) is 0 Å². The fraction of sp³-hybridized carbons (Fsp3) is 0.250. The molecule has 3 rings (SSSR count). The van der Waals surface area contributed by atoms with Crippen molar-refractivity contribution in [2.45, 2.75) is 13.8 Å². The third-order valence-electron chi connectivity index (χ3n) is 3.65. The van der Waals surface area contributed by atoms with Crippen LogP contribution in [0.3, 0.4) is 0 Å². The Kier molecular flexibility index (Phi) is 3.93. The normalized spacial score (nSPS) is 11.0. The molecule has 0 aliphatic carbocycles. The second-order valence-electron chi connectivity index (χ2n) is 5.37. The molecule has 0 bridgehead atoms. The molecule has 4 nitrogen and oxygen atoms in total. The van der Waals surface area contributed by atoms with Gasteiger partial charge < -0.3 is 10.2 Å². The minimum absolute atomic E-state index is 0.265. The molecule has 0 saturated carbocycles. The van der Waals surface area contributed by atoms with Gasteiger partial charge in [-0.1, -0.05) is 0 Å². The molecule has 0 amide bonds. The van der Waals surface area contributed by atoms with E-state index >= 15 is 0 Å². The summed E-state index contributed by atoms with van der Waals surface area (Å²) >= 11 is 7.70. The molecule has 1 aromatic carbocycles. The Labute approximate surface area is 138 Å². The zero-order valence-electron chi connectivity index (χ0n) is 12.9. The predicted octanol–water partition coefficient (Wildman–Crippen LogP) is 4.77. The number of anilines is 3. The zero-order valence-corrected chi connectivity index (χ0v) is 14.5. The van der Waals surface area contributed by atoms with Crippen LogP contribution >= 0.6 is 22.9 Å². The largest absolute Gasteiger partial charge is 0.378 e. The fourth-order valence-electron chi connectivity index (χ4n) is 2.29. The number of halogens is 1. The zero-order chi connectivity index (χ0) is 15.9. The molecule has 0 unspecified atom stereocenters. The molecular formula is C16H17ClN4S. The van der Waals surface area contributed by atoms with Gasteiger partial charge in [-0.25, -0.2) is 4.98 Å². The summed E-state index contributed by atoms with van der Waals surface area (Å²) < 4.78 is 0. The SMILES string of the molecule is Cc1sc2nc(Cl)nc(Nc3ccc(N(C)C)cc3)c2c1C. The number of nitrogens with zero attached hydrogens (tertiary/aromatic N) is 3. The van der Waals surface area contributed by atoms with Crippen molar-refractivity contribution >= 4 is 50.3 Å². The van der Waals surface area contributed by atoms with E-state index in [1.807, 2.05) is 26.2 Å². The Bertz CT molecular complexity index is 824. The third kappa shape index (κ3) is 2.74. The van der Waals surface area contributed by atoms with E-state index in [1.54, 1.807) is 11.3 Å². The Balaban J connectivity index is 2.03. The molecule has 0 radical (unpaired) electrons. The minimum atomic E-state index is 0.265. The molecule has 0 fully saturated rings. The Hall–Kier alpha value is -1.85. The maximum atomic E-state index is 6.06. The highest BCUT2D eigenvalue weighted by Crippen LogP contribution is 2.35. The molecule has 1 N–H and O–H groups in total. The van der Waals surface area contributed by atoms with Gasteiger partial charge in [0.05, 0.1) is 5.39 Å². The number of hydrogen-bond donors (Lipinski definition) is 1. The molecule has 0 saturated heterocycles. The molecule has 6 heteroatoms. The van der Waals surface area contributed by atoms with Gasteiger partial charge in [0.1, 0.15) is 10.6 Å². The monoisotopic (exact) mass is 332 g/mol. The topological polar surface area (TPSA) is 41.1 Å². The van der Waals surface area contributed by atoms with E-state index in [2.05, 4.69) is 46.2 Å². The van der Waals surface area contributed by atoms with Crippen LogP contribution in [0, 0.1) is 13.8 Å². The van der Waals surface area contributed by atoms with Crippen molar-refractivity contribution < 1.29 is 0 Å². The quantitative estimate of drug-likeness (QED) is 0.701. The first-order valence-electron chi connectivity index (χ1n) is 6.93. The van der Waals surface area contributed by atoms with E-state index < -0.39 is 0 Å². The van der Waals surface area contributed by atoms with Crippen LogP contribution < -0.4 is 10.2 Å². The van der Waals surface area contributed by atoms with E-state index in [1.165, 1.54) is 10.4 Å². The van der Waals surface area contributed by atoms with Crippen LogP contribution in [-0.4, -0.2) is 24.1 Å². The van der Waals surface area contributed by atoms with Crippen molar-refractivity contribution in [3.05, 3.63) is 40.0 Å². The Morgan fingerprint density at radius 3 is 2.41 bits per heavy atom. The van der Waals surface area contributed by atoms with E-state index in [4.69, 9.17) is 11.6 Å². The van der Waals surface area contributed by atoms with E-state index in [0.29, 0.717) is 0 Å². The van der Waals surface area contributed by atoms with Gasteiger partial charge in [-0.3, -0.25) is 0 Å². The van der Waals surface area contributed by atoms with Crippen molar-refractivity contribution in [3.63, 3.8) is 0 Å². The number of benzene rings is 1. The molecule has 2 aromatic heterocycles.